The maximum atomic E-state index is 13.0. The van der Waals surface area contributed by atoms with E-state index in [4.69, 9.17) is 12.2 Å². The maximum Gasteiger partial charge on any atom is 0.416 e. The fraction of sp³-hybridized carbons (Fsp3) is 0.160. The van der Waals surface area contributed by atoms with Gasteiger partial charge in [0, 0.05) is 5.69 Å². The van der Waals surface area contributed by atoms with Gasteiger partial charge in [-0.2, -0.15) is 13.2 Å². The number of halogens is 3. The molecule has 2 aliphatic rings. The second-order valence-electron chi connectivity index (χ2n) is 8.01. The number of carbonyl (C=O) groups excluding carboxylic acids is 4. The van der Waals surface area contributed by atoms with Gasteiger partial charge < -0.3 is 5.32 Å². The molecule has 2 saturated heterocycles. The minimum atomic E-state index is -4.60. The van der Waals surface area contributed by atoms with Gasteiger partial charge in [0.1, 0.15) is 16.9 Å². The fourth-order valence-electron chi connectivity index (χ4n) is 3.72. The van der Waals surface area contributed by atoms with Gasteiger partial charge in [-0.25, -0.2) is 0 Å². The molecule has 1 unspecified atom stereocenters. The number of hydrogen-bond donors (Lipinski definition) is 1. The summed E-state index contributed by atoms with van der Waals surface area (Å²) in [4.78, 5) is 52.8. The summed E-state index contributed by atoms with van der Waals surface area (Å²) in [6.07, 6.45) is 0.0660. The lowest BCUT2D eigenvalue weighted by atomic mass is 10.2. The van der Waals surface area contributed by atoms with Crippen molar-refractivity contribution >= 4 is 63.7 Å². The van der Waals surface area contributed by atoms with Crippen molar-refractivity contribution in [3.05, 3.63) is 82.8 Å². The van der Waals surface area contributed by atoms with Crippen LogP contribution in [0.15, 0.2) is 71.7 Å². The largest absolute Gasteiger partial charge is 0.416 e. The molecule has 2 fully saturated rings. The molecule has 190 valence electrons. The van der Waals surface area contributed by atoms with E-state index in [2.05, 4.69) is 5.32 Å². The van der Waals surface area contributed by atoms with Crippen LogP contribution in [0.5, 0.6) is 0 Å². The fourth-order valence-corrected chi connectivity index (χ4v) is 5.03. The van der Waals surface area contributed by atoms with E-state index in [0.717, 1.165) is 40.4 Å². The Morgan fingerprint density at radius 1 is 1.11 bits per heavy atom. The van der Waals surface area contributed by atoms with E-state index < -0.39 is 48.0 Å². The summed E-state index contributed by atoms with van der Waals surface area (Å²) in [5.74, 6) is -2.88. The Bertz CT molecular complexity index is 1340. The van der Waals surface area contributed by atoms with Gasteiger partial charge in [0.05, 0.1) is 16.9 Å². The molecule has 7 nitrogen and oxygen atoms in total. The normalized spacial score (nSPS) is 19.5. The van der Waals surface area contributed by atoms with E-state index >= 15 is 0 Å². The van der Waals surface area contributed by atoms with Crippen LogP contribution in [-0.4, -0.2) is 50.3 Å². The van der Waals surface area contributed by atoms with Gasteiger partial charge in [-0.3, -0.25) is 29.0 Å². The minimum Gasteiger partial charge on any atom is -0.325 e. The first-order valence-corrected chi connectivity index (χ1v) is 12.1. The summed E-state index contributed by atoms with van der Waals surface area (Å²) in [5, 5.41) is 2.26. The molecule has 2 aliphatic heterocycles. The Labute approximate surface area is 219 Å². The molecule has 2 aromatic carbocycles. The van der Waals surface area contributed by atoms with Crippen molar-refractivity contribution in [1.29, 1.82) is 0 Å². The third kappa shape index (κ3) is 5.97. The average molecular weight is 546 g/mol. The van der Waals surface area contributed by atoms with Gasteiger partial charge in [0.2, 0.25) is 11.8 Å². The summed E-state index contributed by atoms with van der Waals surface area (Å²) in [6, 6.07) is 12.1. The van der Waals surface area contributed by atoms with Gasteiger partial charge in [0.25, 0.3) is 11.8 Å². The third-order valence-electron chi connectivity index (χ3n) is 5.47. The molecule has 0 bridgehead atoms. The van der Waals surface area contributed by atoms with E-state index in [0.29, 0.717) is 4.90 Å². The van der Waals surface area contributed by atoms with Crippen LogP contribution in [0.2, 0.25) is 0 Å². The minimum absolute atomic E-state index is 0.103. The number of allylic oxidation sites excluding steroid dienone is 2. The molecular formula is C25H18F3N3O4S2. The Balaban J connectivity index is 1.41. The highest BCUT2D eigenvalue weighted by molar-refractivity contribution is 8.26. The number of nitrogens with zero attached hydrogens (tertiary/aromatic N) is 2. The van der Waals surface area contributed by atoms with Crippen molar-refractivity contribution < 1.29 is 32.3 Å². The van der Waals surface area contributed by atoms with Crippen LogP contribution >= 0.6 is 24.0 Å². The monoisotopic (exact) mass is 545 g/mol. The van der Waals surface area contributed by atoms with Crippen LogP contribution in [0, 0.1) is 0 Å². The van der Waals surface area contributed by atoms with E-state index in [1.807, 2.05) is 30.3 Å². The number of rotatable bonds is 6. The predicted molar refractivity (Wildman–Crippen MR) is 136 cm³/mol. The molecule has 1 atom stereocenters. The summed E-state index contributed by atoms with van der Waals surface area (Å²) < 4.78 is 38.8. The number of nitrogens with one attached hydrogen (secondary N) is 1. The first-order valence-electron chi connectivity index (χ1n) is 10.8. The standard InChI is InChI=1S/C25H18F3N3O4S2/c26-25(27,28)16-9-5-10-17(12-16)29-20(32)14-30-21(33)13-18(22(30)34)31-23(35)19(37-24(31)36)11-4-8-15-6-2-1-3-7-15/h1-12,18H,13-14H2,(H,29,32)/b8-4+,19-11+. The molecule has 2 heterocycles. The number of alkyl halides is 3. The number of likely N-dealkylation sites (tertiary alicyclic amines) is 1. The SMILES string of the molecule is O=C(CN1C(=O)CC(N2C(=O)/C(=C\C=C\c3ccccc3)SC2=S)C1=O)Nc1cccc(C(F)(F)F)c1. The lowest BCUT2D eigenvalue weighted by molar-refractivity contribution is -0.143. The Kier molecular flexibility index (Phi) is 7.60. The third-order valence-corrected chi connectivity index (χ3v) is 6.82. The molecule has 37 heavy (non-hydrogen) atoms. The molecule has 12 heteroatoms. The van der Waals surface area contributed by atoms with Crippen LogP contribution in [0.25, 0.3) is 6.08 Å². The van der Waals surface area contributed by atoms with Crippen molar-refractivity contribution in [3.8, 4) is 0 Å². The topological polar surface area (TPSA) is 86.8 Å². The Hall–Kier alpha value is -3.77. The van der Waals surface area contributed by atoms with Gasteiger partial charge in [-0.1, -0.05) is 72.5 Å². The molecule has 0 spiro atoms. The molecule has 0 radical (unpaired) electrons. The number of thioether (sulfide) groups is 1. The second-order valence-corrected chi connectivity index (χ2v) is 9.68. The van der Waals surface area contributed by atoms with Gasteiger partial charge in [-0.15, -0.1) is 0 Å². The molecular weight excluding hydrogens is 527 g/mol. The van der Waals surface area contributed by atoms with Crippen LogP contribution in [0.1, 0.15) is 17.5 Å². The van der Waals surface area contributed by atoms with E-state index in [1.54, 1.807) is 18.2 Å². The summed E-state index contributed by atoms with van der Waals surface area (Å²) in [6.45, 7) is -0.713. The van der Waals surface area contributed by atoms with E-state index in [9.17, 15) is 32.3 Å². The Morgan fingerprint density at radius 3 is 2.54 bits per heavy atom. The van der Waals surface area contributed by atoms with E-state index in [-0.39, 0.29) is 21.3 Å². The van der Waals surface area contributed by atoms with Crippen molar-refractivity contribution in [3.63, 3.8) is 0 Å². The quantitative estimate of drug-likeness (QED) is 0.332. The maximum absolute atomic E-state index is 13.0. The Morgan fingerprint density at radius 2 is 1.84 bits per heavy atom. The number of hydrogen-bond acceptors (Lipinski definition) is 6. The second kappa shape index (κ2) is 10.7. The molecule has 0 aromatic heterocycles. The van der Waals surface area contributed by atoms with Crippen LogP contribution in [0.3, 0.4) is 0 Å². The number of imide groups is 1. The molecule has 1 N–H and O–H groups in total. The number of carbonyl (C=O) groups is 4. The van der Waals surface area contributed by atoms with Crippen molar-refractivity contribution in [1.82, 2.24) is 9.80 Å². The predicted octanol–water partition coefficient (Wildman–Crippen LogP) is 4.23. The van der Waals surface area contributed by atoms with Crippen LogP contribution < -0.4 is 5.32 Å². The highest BCUT2D eigenvalue weighted by atomic mass is 32.2. The van der Waals surface area contributed by atoms with E-state index in [1.165, 1.54) is 6.07 Å². The zero-order valence-electron chi connectivity index (χ0n) is 18.9. The van der Waals surface area contributed by atoms with Crippen LogP contribution in [0.4, 0.5) is 18.9 Å². The zero-order valence-corrected chi connectivity index (χ0v) is 20.5. The zero-order chi connectivity index (χ0) is 26.7. The van der Waals surface area contributed by atoms with Gasteiger partial charge in [-0.05, 0) is 29.8 Å². The number of anilines is 1. The number of amides is 4. The molecule has 4 amide bonds. The summed E-state index contributed by atoms with van der Waals surface area (Å²) in [7, 11) is 0. The smallest absolute Gasteiger partial charge is 0.325 e. The first kappa shape index (κ1) is 26.3. The molecule has 0 aliphatic carbocycles. The molecule has 2 aromatic rings. The average Bonchev–Trinajstić information content (AvgIpc) is 3.28. The van der Waals surface area contributed by atoms with Crippen molar-refractivity contribution in [2.24, 2.45) is 0 Å². The van der Waals surface area contributed by atoms with Crippen molar-refractivity contribution in [2.75, 3.05) is 11.9 Å². The number of thiocarbonyl (C=S) groups is 1. The first-order chi connectivity index (χ1) is 17.5. The molecule has 4 rings (SSSR count). The highest BCUT2D eigenvalue weighted by Crippen LogP contribution is 2.35. The summed E-state index contributed by atoms with van der Waals surface area (Å²) in [5.41, 5.74) is -0.175. The molecule has 0 saturated carbocycles. The number of benzene rings is 2. The highest BCUT2D eigenvalue weighted by Gasteiger charge is 2.48. The van der Waals surface area contributed by atoms with Crippen molar-refractivity contribution in [2.45, 2.75) is 18.6 Å². The summed E-state index contributed by atoms with van der Waals surface area (Å²) >= 11 is 6.26. The van der Waals surface area contributed by atoms with Crippen LogP contribution in [-0.2, 0) is 25.4 Å². The lowest BCUT2D eigenvalue weighted by Crippen LogP contribution is -2.45. The van der Waals surface area contributed by atoms with Gasteiger partial charge in [0.15, 0.2) is 0 Å². The van der Waals surface area contributed by atoms with Gasteiger partial charge >= 0.3 is 6.18 Å². The lowest BCUT2D eigenvalue weighted by Gasteiger charge is -2.21.